The van der Waals surface area contributed by atoms with Crippen molar-refractivity contribution in [3.05, 3.63) is 24.0 Å². The number of pyridine rings is 1. The molecule has 2 N–H and O–H groups in total. The number of aliphatic hydroxyl groups is 1. The fraction of sp³-hybridized carbons (Fsp3) is 0.500. The Hall–Kier alpha value is -1.62. The van der Waals surface area contributed by atoms with E-state index in [1.165, 1.54) is 0 Å². The minimum Gasteiger partial charge on any atom is -0.395 e. The topological polar surface area (TPSA) is 65.5 Å². The first kappa shape index (κ1) is 13.4. The Kier molecular flexibility index (Phi) is 5.42. The summed E-state index contributed by atoms with van der Waals surface area (Å²) in [6.07, 6.45) is 3.21. The molecule has 0 radical (unpaired) electrons. The zero-order valence-electron chi connectivity index (χ0n) is 10.3. The van der Waals surface area contributed by atoms with Gasteiger partial charge in [-0.1, -0.05) is 0 Å². The van der Waals surface area contributed by atoms with E-state index in [1.54, 1.807) is 23.4 Å². The van der Waals surface area contributed by atoms with Crippen LogP contribution in [0.25, 0.3) is 0 Å². The molecule has 0 aliphatic rings. The van der Waals surface area contributed by atoms with Crippen LogP contribution in [0.2, 0.25) is 0 Å². The van der Waals surface area contributed by atoms with Crippen molar-refractivity contribution in [3.8, 4) is 0 Å². The van der Waals surface area contributed by atoms with Crippen molar-refractivity contribution in [1.29, 1.82) is 0 Å². The van der Waals surface area contributed by atoms with Crippen molar-refractivity contribution in [2.75, 3.05) is 31.6 Å². The summed E-state index contributed by atoms with van der Waals surface area (Å²) in [4.78, 5) is 17.8. The number of carbonyl (C=O) groups is 1. The van der Waals surface area contributed by atoms with Gasteiger partial charge in [0.15, 0.2) is 0 Å². The molecule has 1 rings (SSSR count). The third kappa shape index (κ3) is 3.42. The van der Waals surface area contributed by atoms with Crippen LogP contribution in [0.3, 0.4) is 0 Å². The highest BCUT2D eigenvalue weighted by molar-refractivity contribution is 5.99. The summed E-state index contributed by atoms with van der Waals surface area (Å²) in [5.41, 5.74) is 1.33. The van der Waals surface area contributed by atoms with E-state index in [1.807, 2.05) is 13.8 Å². The van der Waals surface area contributed by atoms with E-state index in [-0.39, 0.29) is 12.5 Å². The lowest BCUT2D eigenvalue weighted by Crippen LogP contribution is -2.33. The Balaban J connectivity index is 2.93. The SMILES string of the molecule is CCNc1ccncc1C(=O)N(CC)CCO. The number of hydrogen-bond donors (Lipinski definition) is 2. The predicted molar refractivity (Wildman–Crippen MR) is 67.1 cm³/mol. The first-order chi connectivity index (χ1) is 8.24. The van der Waals surface area contributed by atoms with E-state index >= 15 is 0 Å². The van der Waals surface area contributed by atoms with E-state index in [2.05, 4.69) is 10.3 Å². The van der Waals surface area contributed by atoms with Crippen LogP contribution in [-0.2, 0) is 0 Å². The van der Waals surface area contributed by atoms with Crippen LogP contribution in [0.5, 0.6) is 0 Å². The Morgan fingerprint density at radius 1 is 1.53 bits per heavy atom. The van der Waals surface area contributed by atoms with Crippen LogP contribution in [0, 0.1) is 0 Å². The Labute approximate surface area is 101 Å². The Morgan fingerprint density at radius 2 is 2.29 bits per heavy atom. The summed E-state index contributed by atoms with van der Waals surface area (Å²) in [6.45, 7) is 5.49. The fourth-order valence-electron chi connectivity index (χ4n) is 1.60. The van der Waals surface area contributed by atoms with Gasteiger partial charge in [-0.15, -0.1) is 0 Å². The number of aliphatic hydroxyl groups excluding tert-OH is 1. The zero-order valence-corrected chi connectivity index (χ0v) is 10.3. The third-order valence-corrected chi connectivity index (χ3v) is 2.46. The lowest BCUT2D eigenvalue weighted by molar-refractivity contribution is 0.0732. The molecule has 1 heterocycles. The normalized spacial score (nSPS) is 10.1. The summed E-state index contributed by atoms with van der Waals surface area (Å²) in [7, 11) is 0. The summed E-state index contributed by atoms with van der Waals surface area (Å²) in [5, 5.41) is 12.0. The van der Waals surface area contributed by atoms with Crippen molar-refractivity contribution >= 4 is 11.6 Å². The zero-order chi connectivity index (χ0) is 12.7. The second-order valence-corrected chi connectivity index (χ2v) is 3.56. The van der Waals surface area contributed by atoms with Gasteiger partial charge in [-0.2, -0.15) is 0 Å². The van der Waals surface area contributed by atoms with E-state index in [0.717, 1.165) is 12.2 Å². The highest BCUT2D eigenvalue weighted by Gasteiger charge is 2.17. The molecule has 0 saturated carbocycles. The fourth-order valence-corrected chi connectivity index (χ4v) is 1.60. The minimum absolute atomic E-state index is 0.0314. The molecule has 17 heavy (non-hydrogen) atoms. The Bertz CT molecular complexity index is 369. The molecule has 0 fully saturated rings. The first-order valence-electron chi connectivity index (χ1n) is 5.82. The van der Waals surface area contributed by atoms with Gasteiger partial charge in [0.2, 0.25) is 0 Å². The molecule has 1 aromatic heterocycles. The molecule has 5 heteroatoms. The molecule has 0 aromatic carbocycles. The molecule has 94 valence electrons. The van der Waals surface area contributed by atoms with Crippen molar-refractivity contribution < 1.29 is 9.90 Å². The number of hydrogen-bond acceptors (Lipinski definition) is 4. The molecule has 0 aliphatic heterocycles. The van der Waals surface area contributed by atoms with Crippen molar-refractivity contribution in [3.63, 3.8) is 0 Å². The highest BCUT2D eigenvalue weighted by Crippen LogP contribution is 2.15. The van der Waals surface area contributed by atoms with E-state index in [0.29, 0.717) is 18.7 Å². The first-order valence-corrected chi connectivity index (χ1v) is 5.82. The average Bonchev–Trinajstić information content (AvgIpc) is 2.36. The number of rotatable bonds is 6. The number of carbonyl (C=O) groups excluding carboxylic acids is 1. The molecule has 0 saturated heterocycles. The van der Waals surface area contributed by atoms with Gasteiger partial charge in [0.05, 0.1) is 17.9 Å². The van der Waals surface area contributed by atoms with Gasteiger partial charge in [0.1, 0.15) is 0 Å². The minimum atomic E-state index is -0.106. The largest absolute Gasteiger partial charge is 0.395 e. The average molecular weight is 237 g/mol. The van der Waals surface area contributed by atoms with Gasteiger partial charge in [0.25, 0.3) is 5.91 Å². The van der Waals surface area contributed by atoms with Crippen molar-refractivity contribution in [2.45, 2.75) is 13.8 Å². The number of anilines is 1. The van der Waals surface area contributed by atoms with Crippen molar-refractivity contribution in [1.82, 2.24) is 9.88 Å². The van der Waals surface area contributed by atoms with E-state index < -0.39 is 0 Å². The van der Waals surface area contributed by atoms with Crippen LogP contribution in [0.4, 0.5) is 5.69 Å². The van der Waals surface area contributed by atoms with Gasteiger partial charge in [-0.3, -0.25) is 9.78 Å². The molecule has 1 aromatic rings. The highest BCUT2D eigenvalue weighted by atomic mass is 16.3. The summed E-state index contributed by atoms with van der Waals surface area (Å²) in [5.74, 6) is -0.106. The predicted octanol–water partition coefficient (Wildman–Crippen LogP) is 0.968. The van der Waals surface area contributed by atoms with Crippen LogP contribution in [-0.4, -0.2) is 47.1 Å². The molecule has 0 unspecified atom stereocenters. The second-order valence-electron chi connectivity index (χ2n) is 3.56. The van der Waals surface area contributed by atoms with Gasteiger partial charge in [-0.25, -0.2) is 0 Å². The van der Waals surface area contributed by atoms with Gasteiger partial charge in [-0.05, 0) is 19.9 Å². The molecule has 0 atom stereocenters. The molecule has 0 aliphatic carbocycles. The van der Waals surface area contributed by atoms with Crippen LogP contribution < -0.4 is 5.32 Å². The maximum atomic E-state index is 12.2. The number of likely N-dealkylation sites (N-methyl/N-ethyl adjacent to an activating group) is 1. The standard InChI is InChI=1S/C12H19N3O2/c1-3-14-11-5-6-13-9-10(11)12(17)15(4-2)7-8-16/h5-6,9,16H,3-4,7-8H2,1-2H3,(H,13,14). The van der Waals surface area contributed by atoms with Gasteiger partial charge in [0, 0.05) is 32.0 Å². The lowest BCUT2D eigenvalue weighted by atomic mass is 10.2. The molecular formula is C12H19N3O2. The van der Waals surface area contributed by atoms with Gasteiger partial charge >= 0.3 is 0 Å². The second kappa shape index (κ2) is 6.85. The summed E-state index contributed by atoms with van der Waals surface area (Å²) < 4.78 is 0. The van der Waals surface area contributed by atoms with Crippen LogP contribution in [0.1, 0.15) is 24.2 Å². The summed E-state index contributed by atoms with van der Waals surface area (Å²) in [6, 6.07) is 1.78. The summed E-state index contributed by atoms with van der Waals surface area (Å²) >= 11 is 0. The van der Waals surface area contributed by atoms with Crippen molar-refractivity contribution in [2.24, 2.45) is 0 Å². The van der Waals surface area contributed by atoms with E-state index in [9.17, 15) is 4.79 Å². The molecule has 5 nitrogen and oxygen atoms in total. The Morgan fingerprint density at radius 3 is 2.88 bits per heavy atom. The molecule has 0 spiro atoms. The van der Waals surface area contributed by atoms with Gasteiger partial charge < -0.3 is 15.3 Å². The number of amides is 1. The molecule has 0 bridgehead atoms. The third-order valence-electron chi connectivity index (χ3n) is 2.46. The maximum Gasteiger partial charge on any atom is 0.257 e. The molecule has 1 amide bonds. The van der Waals surface area contributed by atoms with Crippen LogP contribution in [0.15, 0.2) is 18.5 Å². The smallest absolute Gasteiger partial charge is 0.257 e. The number of nitrogens with one attached hydrogen (secondary N) is 1. The molecular weight excluding hydrogens is 218 g/mol. The number of aromatic nitrogens is 1. The van der Waals surface area contributed by atoms with Crippen LogP contribution >= 0.6 is 0 Å². The maximum absolute atomic E-state index is 12.2. The van der Waals surface area contributed by atoms with E-state index in [4.69, 9.17) is 5.11 Å². The number of nitrogens with zero attached hydrogens (tertiary/aromatic N) is 2. The quantitative estimate of drug-likeness (QED) is 0.773. The monoisotopic (exact) mass is 237 g/mol. The lowest BCUT2D eigenvalue weighted by Gasteiger charge is -2.21.